The topological polar surface area (TPSA) is 65.8 Å². The van der Waals surface area contributed by atoms with Gasteiger partial charge in [0.2, 0.25) is 0 Å². The molecule has 0 spiro atoms. The zero-order valence-corrected chi connectivity index (χ0v) is 14.8. The van der Waals surface area contributed by atoms with Crippen LogP contribution in [0, 0.1) is 6.92 Å². The third-order valence-electron chi connectivity index (χ3n) is 4.16. The monoisotopic (exact) mass is 345 g/mol. The smallest absolute Gasteiger partial charge is 0.260 e. The van der Waals surface area contributed by atoms with Crippen molar-refractivity contribution in [1.82, 2.24) is 14.5 Å². The minimum atomic E-state index is -0.211. The summed E-state index contributed by atoms with van der Waals surface area (Å²) in [5.41, 5.74) is 0.937. The van der Waals surface area contributed by atoms with E-state index in [4.69, 9.17) is 14.2 Å². The molecule has 1 fully saturated rings. The summed E-state index contributed by atoms with van der Waals surface area (Å²) in [5, 5.41) is 0. The van der Waals surface area contributed by atoms with Gasteiger partial charge in [-0.05, 0) is 31.2 Å². The van der Waals surface area contributed by atoms with Gasteiger partial charge in [0.15, 0.2) is 6.61 Å². The van der Waals surface area contributed by atoms with Crippen molar-refractivity contribution < 1.29 is 19.0 Å². The van der Waals surface area contributed by atoms with E-state index in [0.29, 0.717) is 25.4 Å². The van der Waals surface area contributed by atoms with E-state index in [-0.39, 0.29) is 18.6 Å². The van der Waals surface area contributed by atoms with E-state index in [2.05, 4.69) is 4.98 Å². The van der Waals surface area contributed by atoms with Crippen molar-refractivity contribution in [3.63, 3.8) is 0 Å². The van der Waals surface area contributed by atoms with Gasteiger partial charge in [-0.2, -0.15) is 0 Å². The molecule has 0 N–H and O–H groups in total. The number of rotatable bonds is 5. The number of carbonyl (C=O) groups excluding carboxylic acids is 1. The van der Waals surface area contributed by atoms with E-state index in [1.807, 2.05) is 24.7 Å². The molecule has 1 saturated heterocycles. The van der Waals surface area contributed by atoms with Crippen LogP contribution in [-0.2, 0) is 16.6 Å². The normalized spacial score (nSPS) is 17.4. The summed E-state index contributed by atoms with van der Waals surface area (Å²) in [6, 6.07) is 7.16. The minimum Gasteiger partial charge on any atom is -0.497 e. The summed E-state index contributed by atoms with van der Waals surface area (Å²) >= 11 is 0. The van der Waals surface area contributed by atoms with Crippen LogP contribution in [0.5, 0.6) is 11.5 Å². The Morgan fingerprint density at radius 3 is 2.68 bits per heavy atom. The first kappa shape index (κ1) is 17.3. The van der Waals surface area contributed by atoms with Crippen LogP contribution in [0.1, 0.15) is 17.6 Å². The van der Waals surface area contributed by atoms with Gasteiger partial charge in [-0.25, -0.2) is 4.98 Å². The molecule has 1 aliphatic rings. The number of imidazole rings is 1. The van der Waals surface area contributed by atoms with Crippen LogP contribution < -0.4 is 9.47 Å². The van der Waals surface area contributed by atoms with Gasteiger partial charge >= 0.3 is 0 Å². The second-order valence-corrected chi connectivity index (χ2v) is 6.01. The van der Waals surface area contributed by atoms with Crippen molar-refractivity contribution in [3.05, 3.63) is 42.0 Å². The van der Waals surface area contributed by atoms with E-state index < -0.39 is 0 Å². The molecule has 3 rings (SSSR count). The minimum absolute atomic E-state index is 0.00135. The molecule has 25 heavy (non-hydrogen) atoms. The van der Waals surface area contributed by atoms with Gasteiger partial charge in [0.05, 0.1) is 26.0 Å². The lowest BCUT2D eigenvalue weighted by Gasteiger charge is -2.32. The highest BCUT2D eigenvalue weighted by molar-refractivity contribution is 5.78. The highest BCUT2D eigenvalue weighted by Crippen LogP contribution is 2.22. The first-order chi connectivity index (χ1) is 12.1. The maximum absolute atomic E-state index is 12.5. The van der Waals surface area contributed by atoms with Crippen molar-refractivity contribution in [3.8, 4) is 11.5 Å². The van der Waals surface area contributed by atoms with Gasteiger partial charge in [-0.1, -0.05) is 0 Å². The molecule has 0 saturated carbocycles. The van der Waals surface area contributed by atoms with Gasteiger partial charge in [-0.15, -0.1) is 0 Å². The summed E-state index contributed by atoms with van der Waals surface area (Å²) < 4.78 is 18.4. The third kappa shape index (κ3) is 4.11. The molecule has 134 valence electrons. The van der Waals surface area contributed by atoms with Gasteiger partial charge in [-0.3, -0.25) is 4.79 Å². The molecule has 1 aromatic heterocycles. The average Bonchev–Trinajstić information content (AvgIpc) is 2.98. The number of amides is 1. The molecule has 0 aliphatic carbocycles. The molecule has 7 nitrogen and oxygen atoms in total. The number of ether oxygens (including phenoxy) is 3. The zero-order valence-electron chi connectivity index (χ0n) is 14.8. The first-order valence-corrected chi connectivity index (χ1v) is 8.23. The molecular formula is C18H23N3O4. The number of morpholine rings is 1. The van der Waals surface area contributed by atoms with Crippen molar-refractivity contribution in [1.29, 1.82) is 0 Å². The fourth-order valence-corrected chi connectivity index (χ4v) is 2.87. The highest BCUT2D eigenvalue weighted by atomic mass is 16.5. The van der Waals surface area contributed by atoms with E-state index in [1.165, 1.54) is 0 Å². The van der Waals surface area contributed by atoms with Crippen LogP contribution in [0.3, 0.4) is 0 Å². The highest BCUT2D eigenvalue weighted by Gasteiger charge is 2.28. The fraction of sp³-hybridized carbons (Fsp3) is 0.444. The Morgan fingerprint density at radius 1 is 1.32 bits per heavy atom. The maximum Gasteiger partial charge on any atom is 0.260 e. The molecule has 1 aliphatic heterocycles. The first-order valence-electron chi connectivity index (χ1n) is 8.23. The Labute approximate surface area is 147 Å². The molecule has 2 heterocycles. The zero-order chi connectivity index (χ0) is 17.8. The van der Waals surface area contributed by atoms with Crippen LogP contribution >= 0.6 is 0 Å². The fourth-order valence-electron chi connectivity index (χ4n) is 2.87. The molecule has 1 unspecified atom stereocenters. The largest absolute Gasteiger partial charge is 0.497 e. The summed E-state index contributed by atoms with van der Waals surface area (Å²) in [5.74, 6) is 2.17. The van der Waals surface area contributed by atoms with Crippen LogP contribution in [0.25, 0.3) is 0 Å². The van der Waals surface area contributed by atoms with Crippen molar-refractivity contribution in [2.75, 3.05) is 33.4 Å². The molecule has 0 bridgehead atoms. The van der Waals surface area contributed by atoms with E-state index in [0.717, 1.165) is 17.3 Å². The number of methoxy groups -OCH3 is 1. The van der Waals surface area contributed by atoms with Gasteiger partial charge in [0, 0.05) is 19.8 Å². The van der Waals surface area contributed by atoms with Gasteiger partial charge in [0.25, 0.3) is 5.91 Å². The van der Waals surface area contributed by atoms with Crippen LogP contribution in [0.4, 0.5) is 0 Å². The van der Waals surface area contributed by atoms with Crippen LogP contribution in [0.2, 0.25) is 0 Å². The average molecular weight is 345 g/mol. The summed E-state index contributed by atoms with van der Waals surface area (Å²) in [6.45, 7) is 3.47. The molecule has 1 aromatic carbocycles. The van der Waals surface area contributed by atoms with Gasteiger partial charge in [0.1, 0.15) is 23.4 Å². The van der Waals surface area contributed by atoms with Crippen molar-refractivity contribution in [2.24, 2.45) is 7.05 Å². The standard InChI is InChI=1S/C18H23N3O4/c1-13-10-20(2)18(19-13)16-11-21(8-9-24-16)17(22)12-25-15-6-4-14(23-3)5-7-15/h4-7,10,16H,8-9,11-12H2,1-3H3. The van der Waals surface area contributed by atoms with Gasteiger partial charge < -0.3 is 23.7 Å². The second-order valence-electron chi connectivity index (χ2n) is 6.01. The Bertz CT molecular complexity index is 726. The number of aryl methyl sites for hydroxylation is 2. The van der Waals surface area contributed by atoms with Crippen LogP contribution in [0.15, 0.2) is 30.5 Å². The Balaban J connectivity index is 1.57. The molecule has 1 amide bonds. The molecule has 7 heteroatoms. The second kappa shape index (κ2) is 7.57. The molecular weight excluding hydrogens is 322 g/mol. The number of aromatic nitrogens is 2. The van der Waals surface area contributed by atoms with Crippen LogP contribution in [-0.4, -0.2) is 53.8 Å². The number of hydrogen-bond acceptors (Lipinski definition) is 5. The number of hydrogen-bond donors (Lipinski definition) is 0. The SMILES string of the molecule is COc1ccc(OCC(=O)N2CCOC(c3nc(C)cn3C)C2)cc1. The Hall–Kier alpha value is -2.54. The molecule has 2 aromatic rings. The van der Waals surface area contributed by atoms with E-state index in [9.17, 15) is 4.79 Å². The predicted molar refractivity (Wildman–Crippen MR) is 91.7 cm³/mol. The lowest BCUT2D eigenvalue weighted by molar-refractivity contribution is -0.141. The quantitative estimate of drug-likeness (QED) is 0.825. The summed E-state index contributed by atoms with van der Waals surface area (Å²) in [7, 11) is 3.55. The maximum atomic E-state index is 12.5. The Morgan fingerprint density at radius 2 is 2.04 bits per heavy atom. The van der Waals surface area contributed by atoms with Crippen molar-refractivity contribution in [2.45, 2.75) is 13.0 Å². The lowest BCUT2D eigenvalue weighted by Crippen LogP contribution is -2.44. The number of benzene rings is 1. The van der Waals surface area contributed by atoms with E-state index >= 15 is 0 Å². The molecule has 0 radical (unpaired) electrons. The third-order valence-corrected chi connectivity index (χ3v) is 4.16. The predicted octanol–water partition coefficient (Wildman–Crippen LogP) is 1.72. The number of carbonyl (C=O) groups is 1. The lowest BCUT2D eigenvalue weighted by atomic mass is 10.2. The Kier molecular flexibility index (Phi) is 5.23. The van der Waals surface area contributed by atoms with E-state index in [1.54, 1.807) is 36.3 Å². The van der Waals surface area contributed by atoms with Crippen molar-refractivity contribution >= 4 is 5.91 Å². The summed E-state index contributed by atoms with van der Waals surface area (Å²) in [6.07, 6.45) is 1.74. The molecule has 1 atom stereocenters. The number of nitrogens with zero attached hydrogens (tertiary/aromatic N) is 3. The summed E-state index contributed by atoms with van der Waals surface area (Å²) in [4.78, 5) is 18.7.